The van der Waals surface area contributed by atoms with E-state index in [1.807, 2.05) is 0 Å². The lowest BCUT2D eigenvalue weighted by atomic mass is 9.93. The lowest BCUT2D eigenvalue weighted by Crippen LogP contribution is -2.42. The van der Waals surface area contributed by atoms with Crippen LogP contribution in [0.15, 0.2) is 0 Å². The zero-order valence-corrected chi connectivity index (χ0v) is 13.4. The summed E-state index contributed by atoms with van der Waals surface area (Å²) in [5.74, 6) is 0.176. The summed E-state index contributed by atoms with van der Waals surface area (Å²) >= 11 is 0. The molecule has 0 aromatic rings. The van der Waals surface area contributed by atoms with Gasteiger partial charge in [-0.15, -0.1) is 0 Å². The van der Waals surface area contributed by atoms with E-state index in [2.05, 4.69) is 16.0 Å². The number of amides is 2. The lowest BCUT2D eigenvalue weighted by Gasteiger charge is -2.26. The van der Waals surface area contributed by atoms with E-state index in [-0.39, 0.29) is 11.8 Å². The molecule has 1 aliphatic carbocycles. The summed E-state index contributed by atoms with van der Waals surface area (Å²) in [4.78, 5) is 22.2. The van der Waals surface area contributed by atoms with Gasteiger partial charge in [0.15, 0.2) is 0 Å². The van der Waals surface area contributed by atoms with Crippen molar-refractivity contribution in [2.45, 2.75) is 70.8 Å². The highest BCUT2D eigenvalue weighted by Gasteiger charge is 2.17. The standard InChI is InChI=1S/C16H31N3O2/c1-14(20)17-11-6-4-2-3-5-7-12-18-16(21)13-19-15-9-8-10-15/h15,19H,2-13H2,1H3,(H,17,20)(H,18,21). The summed E-state index contributed by atoms with van der Waals surface area (Å²) in [5.41, 5.74) is 0. The van der Waals surface area contributed by atoms with Gasteiger partial charge >= 0.3 is 0 Å². The Kier molecular flexibility index (Phi) is 9.87. The van der Waals surface area contributed by atoms with Crippen LogP contribution in [0.25, 0.3) is 0 Å². The average molecular weight is 297 g/mol. The van der Waals surface area contributed by atoms with Crippen molar-refractivity contribution in [1.29, 1.82) is 0 Å². The molecular weight excluding hydrogens is 266 g/mol. The van der Waals surface area contributed by atoms with Crippen molar-refractivity contribution in [2.75, 3.05) is 19.6 Å². The first-order valence-corrected chi connectivity index (χ1v) is 8.43. The molecule has 21 heavy (non-hydrogen) atoms. The van der Waals surface area contributed by atoms with Crippen molar-refractivity contribution in [3.8, 4) is 0 Å². The predicted molar refractivity (Wildman–Crippen MR) is 85.0 cm³/mol. The SMILES string of the molecule is CC(=O)NCCCCCCCCNC(=O)CNC1CCC1. The van der Waals surface area contributed by atoms with Crippen molar-refractivity contribution in [3.63, 3.8) is 0 Å². The first-order valence-electron chi connectivity index (χ1n) is 8.43. The van der Waals surface area contributed by atoms with E-state index in [0.29, 0.717) is 12.6 Å². The van der Waals surface area contributed by atoms with Crippen LogP contribution in [0.1, 0.15) is 64.7 Å². The molecule has 0 atom stereocenters. The molecule has 0 spiro atoms. The average Bonchev–Trinajstić information content (AvgIpc) is 2.38. The van der Waals surface area contributed by atoms with Gasteiger partial charge in [-0.05, 0) is 25.7 Å². The molecule has 0 saturated heterocycles. The summed E-state index contributed by atoms with van der Waals surface area (Å²) < 4.78 is 0. The Morgan fingerprint density at radius 3 is 2.00 bits per heavy atom. The van der Waals surface area contributed by atoms with Gasteiger partial charge in [-0.2, -0.15) is 0 Å². The van der Waals surface area contributed by atoms with Crippen LogP contribution in [0.4, 0.5) is 0 Å². The summed E-state index contributed by atoms with van der Waals surface area (Å²) in [6.07, 6.45) is 10.6. The van der Waals surface area contributed by atoms with Gasteiger partial charge in [-0.3, -0.25) is 9.59 Å². The smallest absolute Gasteiger partial charge is 0.233 e. The van der Waals surface area contributed by atoms with Crippen molar-refractivity contribution >= 4 is 11.8 Å². The molecule has 1 aliphatic rings. The van der Waals surface area contributed by atoms with Crippen molar-refractivity contribution in [2.24, 2.45) is 0 Å². The van der Waals surface area contributed by atoms with Crippen molar-refractivity contribution in [3.05, 3.63) is 0 Å². The van der Waals surface area contributed by atoms with E-state index < -0.39 is 0 Å². The fourth-order valence-corrected chi connectivity index (χ4v) is 2.36. The molecule has 0 aromatic carbocycles. The van der Waals surface area contributed by atoms with E-state index in [4.69, 9.17) is 0 Å². The van der Waals surface area contributed by atoms with E-state index in [9.17, 15) is 9.59 Å². The maximum Gasteiger partial charge on any atom is 0.233 e. The van der Waals surface area contributed by atoms with Crippen LogP contribution >= 0.6 is 0 Å². The third-order valence-electron chi connectivity index (χ3n) is 3.96. The highest BCUT2D eigenvalue weighted by molar-refractivity contribution is 5.77. The minimum absolute atomic E-state index is 0.0533. The number of carbonyl (C=O) groups excluding carboxylic acids is 2. The Bertz CT molecular complexity index is 304. The molecule has 0 radical (unpaired) electrons. The molecule has 0 unspecified atom stereocenters. The Hall–Kier alpha value is -1.10. The van der Waals surface area contributed by atoms with Crippen LogP contribution in [0.5, 0.6) is 0 Å². The maximum absolute atomic E-state index is 11.5. The molecular formula is C16H31N3O2. The molecule has 0 aromatic heterocycles. The molecule has 5 heteroatoms. The third-order valence-corrected chi connectivity index (χ3v) is 3.96. The topological polar surface area (TPSA) is 70.2 Å². The number of rotatable bonds is 12. The van der Waals surface area contributed by atoms with Crippen LogP contribution in [0.3, 0.4) is 0 Å². The highest BCUT2D eigenvalue weighted by atomic mass is 16.2. The monoisotopic (exact) mass is 297 g/mol. The van der Waals surface area contributed by atoms with Crippen molar-refractivity contribution < 1.29 is 9.59 Å². The summed E-state index contributed by atoms with van der Waals surface area (Å²) in [5, 5.41) is 9.03. The molecule has 0 heterocycles. The van der Waals surface area contributed by atoms with E-state index >= 15 is 0 Å². The first-order chi connectivity index (χ1) is 10.2. The normalized spacial score (nSPS) is 14.5. The fourth-order valence-electron chi connectivity index (χ4n) is 2.36. The second kappa shape index (κ2) is 11.5. The maximum atomic E-state index is 11.5. The molecule has 0 aliphatic heterocycles. The molecule has 3 N–H and O–H groups in total. The molecule has 1 fully saturated rings. The van der Waals surface area contributed by atoms with Gasteiger partial charge in [-0.25, -0.2) is 0 Å². The summed E-state index contributed by atoms with van der Waals surface area (Å²) in [6.45, 7) is 3.60. The van der Waals surface area contributed by atoms with E-state index in [1.54, 1.807) is 6.92 Å². The van der Waals surface area contributed by atoms with Crippen LogP contribution in [-0.4, -0.2) is 37.5 Å². The zero-order chi connectivity index (χ0) is 15.3. The Morgan fingerprint density at radius 2 is 1.48 bits per heavy atom. The molecule has 122 valence electrons. The molecule has 1 rings (SSSR count). The van der Waals surface area contributed by atoms with Crippen molar-refractivity contribution in [1.82, 2.24) is 16.0 Å². The van der Waals surface area contributed by atoms with Gasteiger partial charge < -0.3 is 16.0 Å². The van der Waals surface area contributed by atoms with Gasteiger partial charge in [0, 0.05) is 26.1 Å². The second-order valence-corrected chi connectivity index (χ2v) is 5.96. The van der Waals surface area contributed by atoms with E-state index in [0.717, 1.165) is 38.8 Å². The summed E-state index contributed by atoms with van der Waals surface area (Å²) in [7, 11) is 0. The minimum atomic E-state index is 0.0533. The van der Waals surface area contributed by atoms with Gasteiger partial charge in [0.05, 0.1) is 6.54 Å². The third kappa shape index (κ3) is 10.3. The fraction of sp³-hybridized carbons (Fsp3) is 0.875. The summed E-state index contributed by atoms with van der Waals surface area (Å²) in [6, 6.07) is 0.577. The number of nitrogens with one attached hydrogen (secondary N) is 3. The molecule has 1 saturated carbocycles. The van der Waals surface area contributed by atoms with Gasteiger partial charge in [0.1, 0.15) is 0 Å². The molecule has 0 bridgehead atoms. The largest absolute Gasteiger partial charge is 0.356 e. The van der Waals surface area contributed by atoms with Crippen LogP contribution in [0, 0.1) is 0 Å². The lowest BCUT2D eigenvalue weighted by molar-refractivity contribution is -0.120. The Morgan fingerprint density at radius 1 is 0.905 bits per heavy atom. The number of carbonyl (C=O) groups is 2. The number of hydrogen-bond donors (Lipinski definition) is 3. The van der Waals surface area contributed by atoms with Crippen LogP contribution < -0.4 is 16.0 Å². The van der Waals surface area contributed by atoms with Gasteiger partial charge in [-0.1, -0.05) is 32.1 Å². The minimum Gasteiger partial charge on any atom is -0.356 e. The van der Waals surface area contributed by atoms with Crippen LogP contribution in [0.2, 0.25) is 0 Å². The zero-order valence-electron chi connectivity index (χ0n) is 13.4. The van der Waals surface area contributed by atoms with E-state index in [1.165, 1.54) is 32.1 Å². The molecule has 2 amide bonds. The quantitative estimate of drug-likeness (QED) is 0.480. The highest BCUT2D eigenvalue weighted by Crippen LogP contribution is 2.17. The predicted octanol–water partition coefficient (Wildman–Crippen LogP) is 1.72. The Labute approximate surface area is 128 Å². The Balaban J connectivity index is 1.75. The first kappa shape index (κ1) is 18.0. The number of hydrogen-bond acceptors (Lipinski definition) is 3. The van der Waals surface area contributed by atoms with Gasteiger partial charge in [0.25, 0.3) is 0 Å². The van der Waals surface area contributed by atoms with Crippen LogP contribution in [-0.2, 0) is 9.59 Å². The molecule has 5 nitrogen and oxygen atoms in total. The second-order valence-electron chi connectivity index (χ2n) is 5.96. The van der Waals surface area contributed by atoms with Gasteiger partial charge in [0.2, 0.25) is 11.8 Å². The number of unbranched alkanes of at least 4 members (excludes halogenated alkanes) is 5.